The van der Waals surface area contributed by atoms with Crippen LogP contribution in [0.3, 0.4) is 0 Å². The summed E-state index contributed by atoms with van der Waals surface area (Å²) in [4.78, 5) is 13.9. The fourth-order valence-electron chi connectivity index (χ4n) is 1.95. The minimum absolute atomic E-state index is 0.0331. The third-order valence-electron chi connectivity index (χ3n) is 3.00. The first-order chi connectivity index (χ1) is 9.20. The van der Waals surface area contributed by atoms with E-state index in [4.69, 9.17) is 5.73 Å². The van der Waals surface area contributed by atoms with Crippen molar-refractivity contribution in [2.45, 2.75) is 25.8 Å². The highest BCUT2D eigenvalue weighted by Crippen LogP contribution is 2.22. The maximum Gasteiger partial charge on any atom is 0.261 e. The van der Waals surface area contributed by atoms with Gasteiger partial charge in [0.25, 0.3) is 5.91 Å². The number of hydrogen-bond donors (Lipinski definition) is 2. The summed E-state index contributed by atoms with van der Waals surface area (Å²) >= 11 is 3.41. The molecular formula is C14H18N2OS2. The van der Waals surface area contributed by atoms with Crippen LogP contribution < -0.4 is 11.1 Å². The lowest BCUT2D eigenvalue weighted by atomic mass is 10.1. The van der Waals surface area contributed by atoms with Crippen LogP contribution in [0.2, 0.25) is 0 Å². The molecule has 1 amide bonds. The highest BCUT2D eigenvalue weighted by Gasteiger charge is 2.18. The normalized spacial score (nSPS) is 15.7. The van der Waals surface area contributed by atoms with Crippen molar-refractivity contribution in [1.82, 2.24) is 5.32 Å². The van der Waals surface area contributed by atoms with Crippen LogP contribution >= 0.6 is 23.1 Å². The molecule has 2 rings (SSSR count). The lowest BCUT2D eigenvalue weighted by molar-refractivity contribution is 0.0939. The average molecular weight is 294 g/mol. The van der Waals surface area contributed by atoms with Crippen LogP contribution in [-0.4, -0.2) is 30.0 Å². The lowest BCUT2D eigenvalue weighted by Crippen LogP contribution is -2.36. The van der Waals surface area contributed by atoms with Gasteiger partial charge in [0.15, 0.2) is 0 Å². The first-order valence-electron chi connectivity index (χ1n) is 6.38. The van der Waals surface area contributed by atoms with Crippen LogP contribution in [0.4, 0.5) is 0 Å². The molecule has 0 radical (unpaired) electrons. The van der Waals surface area contributed by atoms with Crippen molar-refractivity contribution in [3.8, 4) is 11.8 Å². The summed E-state index contributed by atoms with van der Waals surface area (Å²) in [5, 5.41) is 3.12. The first-order valence-corrected chi connectivity index (χ1v) is 8.36. The highest BCUT2D eigenvalue weighted by molar-refractivity contribution is 7.99. The second-order valence-corrected chi connectivity index (χ2v) is 6.77. The number of thiophene rings is 1. The van der Waals surface area contributed by atoms with Crippen LogP contribution in [0.25, 0.3) is 0 Å². The van der Waals surface area contributed by atoms with Crippen LogP contribution in [0.1, 0.15) is 33.0 Å². The predicted molar refractivity (Wildman–Crippen MR) is 82.8 cm³/mol. The molecule has 1 fully saturated rings. The van der Waals surface area contributed by atoms with E-state index >= 15 is 0 Å². The Bertz CT molecular complexity index is 507. The molecule has 2 heterocycles. The minimum atomic E-state index is 0.0331. The van der Waals surface area contributed by atoms with E-state index in [0.717, 1.165) is 39.7 Å². The number of aryl methyl sites for hydroxylation is 1. The minimum Gasteiger partial charge on any atom is -0.349 e. The van der Waals surface area contributed by atoms with Crippen LogP contribution in [0, 0.1) is 18.8 Å². The molecule has 19 heavy (non-hydrogen) atoms. The van der Waals surface area contributed by atoms with Gasteiger partial charge in [0.1, 0.15) is 0 Å². The molecule has 0 saturated carbocycles. The van der Waals surface area contributed by atoms with Gasteiger partial charge in [0.05, 0.1) is 16.3 Å². The van der Waals surface area contributed by atoms with E-state index in [9.17, 15) is 4.79 Å². The number of carbonyl (C=O) groups excluding carboxylic acids is 1. The van der Waals surface area contributed by atoms with E-state index in [1.807, 2.05) is 24.8 Å². The number of amides is 1. The zero-order chi connectivity index (χ0) is 13.7. The Morgan fingerprint density at radius 2 is 2.26 bits per heavy atom. The maximum absolute atomic E-state index is 12.2. The van der Waals surface area contributed by atoms with Crippen molar-refractivity contribution in [2.24, 2.45) is 5.73 Å². The van der Waals surface area contributed by atoms with E-state index in [1.54, 1.807) is 0 Å². The van der Waals surface area contributed by atoms with Crippen molar-refractivity contribution in [3.63, 3.8) is 0 Å². The van der Waals surface area contributed by atoms with Crippen molar-refractivity contribution < 1.29 is 4.79 Å². The summed E-state index contributed by atoms with van der Waals surface area (Å²) in [5.74, 6) is 8.16. The molecule has 1 aromatic rings. The largest absolute Gasteiger partial charge is 0.349 e. The summed E-state index contributed by atoms with van der Waals surface area (Å²) < 4.78 is 0. The second kappa shape index (κ2) is 6.99. The molecule has 0 atom stereocenters. The van der Waals surface area contributed by atoms with Crippen molar-refractivity contribution in [3.05, 3.63) is 21.4 Å². The molecule has 5 heteroatoms. The van der Waals surface area contributed by atoms with Crippen molar-refractivity contribution in [2.75, 3.05) is 18.1 Å². The number of carbonyl (C=O) groups is 1. The zero-order valence-electron chi connectivity index (χ0n) is 11.0. The molecular weight excluding hydrogens is 276 g/mol. The average Bonchev–Trinajstić information content (AvgIpc) is 2.79. The highest BCUT2D eigenvalue weighted by atomic mass is 32.2. The summed E-state index contributed by atoms with van der Waals surface area (Å²) in [5.41, 5.74) is 6.42. The summed E-state index contributed by atoms with van der Waals surface area (Å²) in [7, 11) is 0. The Kier molecular flexibility index (Phi) is 5.32. The predicted octanol–water partition coefficient (Wildman–Crippen LogP) is 1.99. The molecule has 1 aromatic heterocycles. The van der Waals surface area contributed by atoms with Gasteiger partial charge in [-0.05, 0) is 42.9 Å². The third-order valence-corrected chi connectivity index (χ3v) is 5.20. The number of hydrogen-bond acceptors (Lipinski definition) is 4. The number of thioether (sulfide) groups is 1. The quantitative estimate of drug-likeness (QED) is 0.820. The molecule has 3 N–H and O–H groups in total. The molecule has 0 aromatic carbocycles. The number of nitrogens with one attached hydrogen (secondary N) is 1. The fourth-order valence-corrected chi connectivity index (χ4v) is 4.00. The van der Waals surface area contributed by atoms with Gasteiger partial charge in [0, 0.05) is 6.04 Å². The molecule has 1 aliphatic heterocycles. The molecule has 3 nitrogen and oxygen atoms in total. The van der Waals surface area contributed by atoms with Gasteiger partial charge >= 0.3 is 0 Å². The lowest BCUT2D eigenvalue weighted by Gasteiger charge is -2.22. The Morgan fingerprint density at radius 1 is 1.53 bits per heavy atom. The Balaban J connectivity index is 2.02. The molecule has 1 aliphatic rings. The topological polar surface area (TPSA) is 55.1 Å². The van der Waals surface area contributed by atoms with Gasteiger partial charge in [-0.25, -0.2) is 0 Å². The zero-order valence-corrected chi connectivity index (χ0v) is 12.6. The smallest absolute Gasteiger partial charge is 0.261 e. The van der Waals surface area contributed by atoms with Gasteiger partial charge in [-0.15, -0.1) is 11.3 Å². The number of rotatable bonds is 2. The first kappa shape index (κ1) is 14.4. The van der Waals surface area contributed by atoms with Crippen LogP contribution in [0.15, 0.2) is 6.07 Å². The van der Waals surface area contributed by atoms with Gasteiger partial charge in [0.2, 0.25) is 0 Å². The van der Waals surface area contributed by atoms with E-state index < -0.39 is 0 Å². The fraction of sp³-hybridized carbons (Fsp3) is 0.500. The standard InChI is InChI=1S/C14H18N2OS2/c1-10-9-13(19-12(10)3-2-6-15)14(17)16-11-4-7-18-8-5-11/h9,11H,4-8,15H2,1H3,(H,16,17). The molecule has 0 unspecified atom stereocenters. The van der Waals surface area contributed by atoms with Gasteiger partial charge in [-0.3, -0.25) is 4.79 Å². The summed E-state index contributed by atoms with van der Waals surface area (Å²) in [6.45, 7) is 2.32. The molecule has 0 spiro atoms. The Hall–Kier alpha value is -0.960. The van der Waals surface area contributed by atoms with Crippen LogP contribution in [-0.2, 0) is 0 Å². The van der Waals surface area contributed by atoms with Gasteiger partial charge in [-0.2, -0.15) is 11.8 Å². The summed E-state index contributed by atoms with van der Waals surface area (Å²) in [6, 6.07) is 2.24. The second-order valence-electron chi connectivity index (χ2n) is 4.49. The maximum atomic E-state index is 12.2. The number of nitrogens with two attached hydrogens (primary N) is 1. The van der Waals surface area contributed by atoms with E-state index in [-0.39, 0.29) is 5.91 Å². The van der Waals surface area contributed by atoms with E-state index in [1.165, 1.54) is 11.3 Å². The molecule has 102 valence electrons. The molecule has 0 bridgehead atoms. The van der Waals surface area contributed by atoms with Crippen molar-refractivity contribution >= 4 is 29.0 Å². The van der Waals surface area contributed by atoms with Crippen molar-refractivity contribution in [1.29, 1.82) is 0 Å². The van der Waals surface area contributed by atoms with E-state index in [0.29, 0.717) is 12.6 Å². The van der Waals surface area contributed by atoms with E-state index in [2.05, 4.69) is 17.2 Å². The molecule has 1 saturated heterocycles. The van der Waals surface area contributed by atoms with Crippen LogP contribution in [0.5, 0.6) is 0 Å². The summed E-state index contributed by atoms with van der Waals surface area (Å²) in [6.07, 6.45) is 2.14. The van der Waals surface area contributed by atoms with Gasteiger partial charge in [-0.1, -0.05) is 11.8 Å². The third kappa shape index (κ3) is 4.00. The van der Waals surface area contributed by atoms with Gasteiger partial charge < -0.3 is 11.1 Å². The molecule has 0 aliphatic carbocycles. The Morgan fingerprint density at radius 3 is 2.95 bits per heavy atom. The monoisotopic (exact) mass is 294 g/mol. The SMILES string of the molecule is Cc1cc(C(=O)NC2CCSCC2)sc1C#CCN. The Labute approximate surface area is 122 Å².